The van der Waals surface area contributed by atoms with Gasteiger partial charge in [-0.15, -0.1) is 0 Å². The van der Waals surface area contributed by atoms with Gasteiger partial charge in [0.2, 0.25) is 0 Å². The number of carbonyl (C=O) groups excluding carboxylic acids is 2. The number of carbonyl (C=O) groups is 2. The Morgan fingerprint density at radius 2 is 1.16 bits per heavy atom. The average Bonchev–Trinajstić information content (AvgIpc) is 3.05. The summed E-state index contributed by atoms with van der Waals surface area (Å²) in [6, 6.07) is 13.9. The number of benzene rings is 2. The zero-order chi connectivity index (χ0) is 31.0. The fourth-order valence-electron chi connectivity index (χ4n) is 7.23. The minimum absolute atomic E-state index is 0.0218. The standard InChI is InChI=1S/C39H56O5/c1-3-5-7-12-30-17-19-33(20-18-30)38(40)43-36-25-27-37(28-26-36)44-39(41)34-21-23-35(24-22-34)42-29-11-16-32-15-10-9-14-31(32)13-8-6-4-2/h21-28,30-33H,3-20,29H2,1-2H3. The molecule has 0 radical (unpaired) electrons. The highest BCUT2D eigenvalue weighted by Crippen LogP contribution is 2.37. The molecular weight excluding hydrogens is 548 g/mol. The maximum absolute atomic E-state index is 12.7. The molecule has 2 fully saturated rings. The molecule has 2 aliphatic rings. The zero-order valence-corrected chi connectivity index (χ0v) is 27.4. The van der Waals surface area contributed by atoms with E-state index in [1.807, 2.05) is 12.1 Å². The molecule has 0 spiro atoms. The number of esters is 2. The smallest absolute Gasteiger partial charge is 0.343 e. The third-order valence-corrected chi connectivity index (χ3v) is 9.97. The minimum Gasteiger partial charge on any atom is -0.494 e. The third-order valence-electron chi connectivity index (χ3n) is 9.97. The molecule has 2 aromatic carbocycles. The zero-order valence-electron chi connectivity index (χ0n) is 27.4. The van der Waals surface area contributed by atoms with Gasteiger partial charge in [-0.2, -0.15) is 0 Å². The van der Waals surface area contributed by atoms with Crippen molar-refractivity contribution in [3.63, 3.8) is 0 Å². The van der Waals surface area contributed by atoms with E-state index in [9.17, 15) is 9.59 Å². The van der Waals surface area contributed by atoms with Crippen molar-refractivity contribution in [2.75, 3.05) is 6.61 Å². The molecule has 0 saturated heterocycles. The first-order valence-corrected chi connectivity index (χ1v) is 17.8. The van der Waals surface area contributed by atoms with Gasteiger partial charge in [0.05, 0.1) is 18.1 Å². The fourth-order valence-corrected chi connectivity index (χ4v) is 7.23. The normalized spacial score (nSPS) is 21.9. The van der Waals surface area contributed by atoms with Crippen LogP contribution < -0.4 is 14.2 Å². The van der Waals surface area contributed by atoms with E-state index in [2.05, 4.69) is 13.8 Å². The van der Waals surface area contributed by atoms with Crippen molar-refractivity contribution >= 4 is 11.9 Å². The van der Waals surface area contributed by atoms with Gasteiger partial charge in [-0.25, -0.2) is 4.79 Å². The predicted molar refractivity (Wildman–Crippen MR) is 177 cm³/mol. The van der Waals surface area contributed by atoms with Crippen LogP contribution in [0.4, 0.5) is 0 Å². The van der Waals surface area contributed by atoms with Gasteiger partial charge in [0.15, 0.2) is 0 Å². The van der Waals surface area contributed by atoms with E-state index in [1.165, 1.54) is 83.5 Å². The van der Waals surface area contributed by atoms with E-state index >= 15 is 0 Å². The highest BCUT2D eigenvalue weighted by molar-refractivity contribution is 5.91. The maximum atomic E-state index is 12.7. The fraction of sp³-hybridized carbons (Fsp3) is 0.641. The quantitative estimate of drug-likeness (QED) is 0.102. The summed E-state index contributed by atoms with van der Waals surface area (Å²) in [4.78, 5) is 25.4. The second kappa shape index (κ2) is 18.9. The van der Waals surface area contributed by atoms with Crippen LogP contribution >= 0.6 is 0 Å². The van der Waals surface area contributed by atoms with Gasteiger partial charge in [-0.3, -0.25) is 4.79 Å². The average molecular weight is 605 g/mol. The molecule has 242 valence electrons. The Labute approximate surface area is 266 Å². The molecular formula is C39H56O5. The van der Waals surface area contributed by atoms with Gasteiger partial charge in [0.25, 0.3) is 0 Å². The molecule has 0 aromatic heterocycles. The number of ether oxygens (including phenoxy) is 3. The van der Waals surface area contributed by atoms with Crippen LogP contribution in [0.2, 0.25) is 0 Å². The van der Waals surface area contributed by atoms with Crippen molar-refractivity contribution in [3.05, 3.63) is 54.1 Å². The van der Waals surface area contributed by atoms with Crippen molar-refractivity contribution in [2.45, 2.75) is 129 Å². The lowest BCUT2D eigenvalue weighted by Gasteiger charge is -2.31. The Balaban J connectivity index is 1.14. The summed E-state index contributed by atoms with van der Waals surface area (Å²) in [6.07, 6.45) is 22.5. The van der Waals surface area contributed by atoms with E-state index in [4.69, 9.17) is 14.2 Å². The summed E-state index contributed by atoms with van der Waals surface area (Å²) in [5.41, 5.74) is 0.468. The van der Waals surface area contributed by atoms with Crippen molar-refractivity contribution < 1.29 is 23.8 Å². The molecule has 0 aliphatic heterocycles. The number of hydrogen-bond donors (Lipinski definition) is 0. The lowest BCUT2D eigenvalue weighted by atomic mass is 9.74. The van der Waals surface area contributed by atoms with E-state index < -0.39 is 5.97 Å². The molecule has 0 amide bonds. The first-order valence-electron chi connectivity index (χ1n) is 17.8. The van der Waals surface area contributed by atoms with Crippen LogP contribution in [-0.4, -0.2) is 18.5 Å². The molecule has 5 nitrogen and oxygen atoms in total. The second-order valence-corrected chi connectivity index (χ2v) is 13.3. The van der Waals surface area contributed by atoms with Gasteiger partial charge >= 0.3 is 11.9 Å². The first-order chi connectivity index (χ1) is 21.6. The molecule has 0 bridgehead atoms. The lowest BCUT2D eigenvalue weighted by Crippen LogP contribution is -2.25. The Hall–Kier alpha value is -2.82. The van der Waals surface area contributed by atoms with Crippen LogP contribution in [0.1, 0.15) is 140 Å². The first kappa shape index (κ1) is 34.1. The Morgan fingerprint density at radius 3 is 1.77 bits per heavy atom. The highest BCUT2D eigenvalue weighted by Gasteiger charge is 2.28. The Morgan fingerprint density at radius 1 is 0.614 bits per heavy atom. The Bertz CT molecular complexity index is 1100. The number of unbranched alkanes of at least 4 members (excludes halogenated alkanes) is 4. The van der Waals surface area contributed by atoms with Gasteiger partial charge in [-0.05, 0) is 105 Å². The van der Waals surface area contributed by atoms with Crippen LogP contribution in [0.5, 0.6) is 17.2 Å². The molecule has 2 atom stereocenters. The van der Waals surface area contributed by atoms with Gasteiger partial charge in [0, 0.05) is 0 Å². The second-order valence-electron chi connectivity index (χ2n) is 13.3. The van der Waals surface area contributed by atoms with Gasteiger partial charge in [0.1, 0.15) is 17.2 Å². The van der Waals surface area contributed by atoms with E-state index in [0.717, 1.165) is 55.6 Å². The molecule has 4 rings (SSSR count). The number of rotatable bonds is 17. The van der Waals surface area contributed by atoms with E-state index in [1.54, 1.807) is 36.4 Å². The van der Waals surface area contributed by atoms with Crippen LogP contribution in [0.15, 0.2) is 48.5 Å². The summed E-state index contributed by atoms with van der Waals surface area (Å²) in [7, 11) is 0. The topological polar surface area (TPSA) is 61.8 Å². The predicted octanol–water partition coefficient (Wildman–Crippen LogP) is 10.7. The van der Waals surface area contributed by atoms with Crippen molar-refractivity contribution in [1.29, 1.82) is 0 Å². The van der Waals surface area contributed by atoms with Crippen molar-refractivity contribution in [1.82, 2.24) is 0 Å². The van der Waals surface area contributed by atoms with E-state index in [0.29, 0.717) is 23.7 Å². The van der Waals surface area contributed by atoms with Gasteiger partial charge < -0.3 is 14.2 Å². The van der Waals surface area contributed by atoms with Crippen molar-refractivity contribution in [2.24, 2.45) is 23.7 Å². The highest BCUT2D eigenvalue weighted by atomic mass is 16.5. The summed E-state index contributed by atoms with van der Waals surface area (Å²) in [5, 5.41) is 0. The minimum atomic E-state index is -0.427. The lowest BCUT2D eigenvalue weighted by molar-refractivity contribution is -0.140. The summed E-state index contributed by atoms with van der Waals surface area (Å²) < 4.78 is 17.2. The molecule has 2 unspecified atom stereocenters. The van der Waals surface area contributed by atoms with Gasteiger partial charge in [-0.1, -0.05) is 90.9 Å². The van der Waals surface area contributed by atoms with Crippen LogP contribution in [0, 0.1) is 23.7 Å². The third kappa shape index (κ3) is 11.3. The molecule has 2 saturated carbocycles. The summed E-state index contributed by atoms with van der Waals surface area (Å²) >= 11 is 0. The molecule has 0 heterocycles. The Kier molecular flexibility index (Phi) is 14.6. The van der Waals surface area contributed by atoms with Crippen LogP contribution in [0.3, 0.4) is 0 Å². The van der Waals surface area contributed by atoms with E-state index in [-0.39, 0.29) is 11.9 Å². The molecule has 44 heavy (non-hydrogen) atoms. The molecule has 5 heteroatoms. The van der Waals surface area contributed by atoms with Crippen LogP contribution in [0.25, 0.3) is 0 Å². The maximum Gasteiger partial charge on any atom is 0.343 e. The molecule has 0 N–H and O–H groups in total. The summed E-state index contributed by atoms with van der Waals surface area (Å²) in [5.74, 6) is 3.59. The molecule has 2 aliphatic carbocycles. The van der Waals surface area contributed by atoms with Crippen LogP contribution in [-0.2, 0) is 4.79 Å². The van der Waals surface area contributed by atoms with Crippen molar-refractivity contribution in [3.8, 4) is 17.2 Å². The number of hydrogen-bond acceptors (Lipinski definition) is 5. The largest absolute Gasteiger partial charge is 0.494 e. The monoisotopic (exact) mass is 604 g/mol. The molecule has 2 aromatic rings. The SMILES string of the molecule is CCCCCC1CCC(C(=O)Oc2ccc(OC(=O)c3ccc(OCCCC4CCCCC4CCCCC)cc3)cc2)CC1. The summed E-state index contributed by atoms with van der Waals surface area (Å²) in [6.45, 7) is 5.23.